The number of carbonyl (C=O) groups excluding carboxylic acids is 1. The third-order valence-corrected chi connectivity index (χ3v) is 4.76. The van der Waals surface area contributed by atoms with E-state index in [1.165, 1.54) is 0 Å². The SMILES string of the molecule is Cc1ccccc1OCCC(=O)N1CCN(c2cccc(C(=O)O)c2)CC1. The zero-order valence-corrected chi connectivity index (χ0v) is 15.4. The van der Waals surface area contributed by atoms with Crippen LogP contribution in [-0.4, -0.2) is 54.7 Å². The number of anilines is 1. The lowest BCUT2D eigenvalue weighted by atomic mass is 10.1. The Morgan fingerprint density at radius 2 is 1.78 bits per heavy atom. The first-order valence-corrected chi connectivity index (χ1v) is 9.09. The Bertz CT molecular complexity index is 813. The van der Waals surface area contributed by atoms with Crippen molar-refractivity contribution in [1.82, 2.24) is 4.90 Å². The van der Waals surface area contributed by atoms with Gasteiger partial charge in [0.05, 0.1) is 18.6 Å². The van der Waals surface area contributed by atoms with Crippen molar-refractivity contribution < 1.29 is 19.4 Å². The predicted molar refractivity (Wildman–Crippen MR) is 103 cm³/mol. The lowest BCUT2D eigenvalue weighted by Gasteiger charge is -2.36. The monoisotopic (exact) mass is 368 g/mol. The van der Waals surface area contributed by atoms with Gasteiger partial charge in [0.1, 0.15) is 5.75 Å². The summed E-state index contributed by atoms with van der Waals surface area (Å²) in [5.41, 5.74) is 2.21. The number of ether oxygens (including phenoxy) is 1. The van der Waals surface area contributed by atoms with Crippen LogP contribution in [0.25, 0.3) is 0 Å². The molecule has 1 fully saturated rings. The van der Waals surface area contributed by atoms with Crippen LogP contribution in [0.5, 0.6) is 5.75 Å². The van der Waals surface area contributed by atoms with E-state index in [0.717, 1.165) is 17.0 Å². The number of hydrogen-bond acceptors (Lipinski definition) is 4. The number of para-hydroxylation sites is 1. The van der Waals surface area contributed by atoms with Gasteiger partial charge in [0, 0.05) is 31.9 Å². The van der Waals surface area contributed by atoms with Gasteiger partial charge in [-0.05, 0) is 36.8 Å². The maximum Gasteiger partial charge on any atom is 0.335 e. The lowest BCUT2D eigenvalue weighted by Crippen LogP contribution is -2.49. The van der Waals surface area contributed by atoms with E-state index in [9.17, 15) is 9.59 Å². The van der Waals surface area contributed by atoms with Crippen LogP contribution >= 0.6 is 0 Å². The van der Waals surface area contributed by atoms with Gasteiger partial charge in [0.2, 0.25) is 5.91 Å². The molecule has 6 nitrogen and oxygen atoms in total. The fourth-order valence-corrected chi connectivity index (χ4v) is 3.17. The van der Waals surface area contributed by atoms with Crippen LogP contribution in [0.3, 0.4) is 0 Å². The first-order chi connectivity index (χ1) is 13.0. The van der Waals surface area contributed by atoms with Crippen LogP contribution in [0.4, 0.5) is 5.69 Å². The summed E-state index contributed by atoms with van der Waals surface area (Å²) in [6.45, 7) is 4.97. The maximum atomic E-state index is 12.4. The van der Waals surface area contributed by atoms with Crippen molar-refractivity contribution in [3.8, 4) is 5.75 Å². The Morgan fingerprint density at radius 3 is 2.48 bits per heavy atom. The first kappa shape index (κ1) is 18.8. The summed E-state index contributed by atoms with van der Waals surface area (Å²) in [6.07, 6.45) is 0.350. The van der Waals surface area contributed by atoms with Crippen molar-refractivity contribution >= 4 is 17.6 Å². The number of nitrogens with zero attached hydrogens (tertiary/aromatic N) is 2. The summed E-state index contributed by atoms with van der Waals surface area (Å²) < 4.78 is 5.71. The third kappa shape index (κ3) is 4.78. The number of piperazine rings is 1. The highest BCUT2D eigenvalue weighted by molar-refractivity contribution is 5.88. The fourth-order valence-electron chi connectivity index (χ4n) is 3.17. The van der Waals surface area contributed by atoms with Crippen LogP contribution in [0.1, 0.15) is 22.3 Å². The van der Waals surface area contributed by atoms with E-state index in [0.29, 0.717) is 39.2 Å². The molecule has 142 valence electrons. The molecule has 1 N–H and O–H groups in total. The van der Waals surface area contributed by atoms with E-state index < -0.39 is 5.97 Å². The standard InChI is InChI=1S/C21H24N2O4/c1-16-5-2-3-8-19(16)27-14-9-20(24)23-12-10-22(11-13-23)18-7-4-6-17(15-18)21(25)26/h2-8,15H,9-14H2,1H3,(H,25,26). The molecule has 0 radical (unpaired) electrons. The van der Waals surface area contributed by atoms with Crippen LogP contribution in [-0.2, 0) is 4.79 Å². The molecule has 0 bridgehead atoms. The molecule has 1 aliphatic rings. The number of carboxylic acid groups (broad SMARTS) is 1. The molecule has 0 saturated carbocycles. The number of benzene rings is 2. The highest BCUT2D eigenvalue weighted by atomic mass is 16.5. The molecule has 1 heterocycles. The highest BCUT2D eigenvalue weighted by Gasteiger charge is 2.21. The van der Waals surface area contributed by atoms with Crippen molar-refractivity contribution in [2.45, 2.75) is 13.3 Å². The number of hydrogen-bond donors (Lipinski definition) is 1. The van der Waals surface area contributed by atoms with Crippen molar-refractivity contribution in [3.63, 3.8) is 0 Å². The number of rotatable bonds is 6. The van der Waals surface area contributed by atoms with Gasteiger partial charge in [-0.25, -0.2) is 4.79 Å². The topological polar surface area (TPSA) is 70.1 Å². The van der Waals surface area contributed by atoms with Gasteiger partial charge in [-0.2, -0.15) is 0 Å². The largest absolute Gasteiger partial charge is 0.493 e. The Kier molecular flexibility index (Phi) is 5.96. The summed E-state index contributed by atoms with van der Waals surface area (Å²) in [5.74, 6) is -0.0322. The normalized spacial score (nSPS) is 14.1. The summed E-state index contributed by atoms with van der Waals surface area (Å²) >= 11 is 0. The van der Waals surface area contributed by atoms with Crippen LogP contribution in [0, 0.1) is 6.92 Å². The van der Waals surface area contributed by atoms with E-state index in [-0.39, 0.29) is 11.5 Å². The summed E-state index contributed by atoms with van der Waals surface area (Å²) in [4.78, 5) is 27.5. The summed E-state index contributed by atoms with van der Waals surface area (Å²) in [6, 6.07) is 14.7. The molecule has 1 amide bonds. The Morgan fingerprint density at radius 1 is 1.04 bits per heavy atom. The van der Waals surface area contributed by atoms with E-state index in [1.54, 1.807) is 18.2 Å². The lowest BCUT2D eigenvalue weighted by molar-refractivity contribution is -0.132. The molecule has 0 spiro atoms. The van der Waals surface area contributed by atoms with Crippen LogP contribution < -0.4 is 9.64 Å². The second-order valence-corrected chi connectivity index (χ2v) is 6.59. The number of aryl methyl sites for hydroxylation is 1. The van der Waals surface area contributed by atoms with Gasteiger partial charge >= 0.3 is 5.97 Å². The molecule has 2 aromatic rings. The fraction of sp³-hybridized carbons (Fsp3) is 0.333. The molecule has 0 atom stereocenters. The average molecular weight is 368 g/mol. The zero-order valence-electron chi connectivity index (χ0n) is 15.4. The first-order valence-electron chi connectivity index (χ1n) is 9.09. The molecule has 1 aliphatic heterocycles. The second kappa shape index (κ2) is 8.58. The van der Waals surface area contributed by atoms with Crippen LogP contribution in [0.2, 0.25) is 0 Å². The minimum absolute atomic E-state index is 0.0857. The number of aromatic carboxylic acids is 1. The molecular weight excluding hydrogens is 344 g/mol. The molecule has 3 rings (SSSR count). The summed E-state index contributed by atoms with van der Waals surface area (Å²) in [5, 5.41) is 9.12. The van der Waals surface area contributed by atoms with E-state index >= 15 is 0 Å². The average Bonchev–Trinajstić information content (AvgIpc) is 2.69. The molecule has 2 aromatic carbocycles. The molecule has 27 heavy (non-hydrogen) atoms. The molecular formula is C21H24N2O4. The van der Waals surface area contributed by atoms with Gasteiger partial charge < -0.3 is 19.6 Å². The molecule has 0 unspecified atom stereocenters. The molecule has 0 aliphatic carbocycles. The van der Waals surface area contributed by atoms with Crippen molar-refractivity contribution in [2.75, 3.05) is 37.7 Å². The minimum atomic E-state index is -0.931. The zero-order chi connectivity index (χ0) is 19.2. The van der Waals surface area contributed by atoms with Crippen molar-refractivity contribution in [2.24, 2.45) is 0 Å². The molecule has 6 heteroatoms. The maximum absolute atomic E-state index is 12.4. The predicted octanol–water partition coefficient (Wildman–Crippen LogP) is 2.81. The van der Waals surface area contributed by atoms with E-state index in [4.69, 9.17) is 9.84 Å². The number of carboxylic acids is 1. The highest BCUT2D eigenvalue weighted by Crippen LogP contribution is 2.19. The van der Waals surface area contributed by atoms with E-state index in [1.807, 2.05) is 42.2 Å². The van der Waals surface area contributed by atoms with Gasteiger partial charge in [-0.15, -0.1) is 0 Å². The Hall–Kier alpha value is -3.02. The Balaban J connectivity index is 1.47. The number of amides is 1. The minimum Gasteiger partial charge on any atom is -0.493 e. The van der Waals surface area contributed by atoms with Gasteiger partial charge in [-0.1, -0.05) is 24.3 Å². The third-order valence-electron chi connectivity index (χ3n) is 4.76. The van der Waals surface area contributed by atoms with Crippen molar-refractivity contribution in [1.29, 1.82) is 0 Å². The van der Waals surface area contributed by atoms with Gasteiger partial charge in [0.25, 0.3) is 0 Å². The van der Waals surface area contributed by atoms with Crippen LogP contribution in [0.15, 0.2) is 48.5 Å². The van der Waals surface area contributed by atoms with Crippen molar-refractivity contribution in [3.05, 3.63) is 59.7 Å². The summed E-state index contributed by atoms with van der Waals surface area (Å²) in [7, 11) is 0. The number of carbonyl (C=O) groups is 2. The molecule has 1 saturated heterocycles. The quantitative estimate of drug-likeness (QED) is 0.849. The van der Waals surface area contributed by atoms with Gasteiger partial charge in [-0.3, -0.25) is 4.79 Å². The molecule has 0 aromatic heterocycles. The smallest absolute Gasteiger partial charge is 0.335 e. The van der Waals surface area contributed by atoms with Gasteiger partial charge in [0.15, 0.2) is 0 Å². The van der Waals surface area contributed by atoms with E-state index in [2.05, 4.69) is 4.90 Å². The Labute approximate surface area is 159 Å². The second-order valence-electron chi connectivity index (χ2n) is 6.59.